The molecule has 0 spiro atoms. The van der Waals surface area contributed by atoms with Crippen molar-refractivity contribution in [2.75, 3.05) is 5.75 Å². The fraction of sp³-hybridized carbons (Fsp3) is 0.0500. The van der Waals surface area contributed by atoms with Gasteiger partial charge in [0.1, 0.15) is 5.03 Å². The van der Waals surface area contributed by atoms with Gasteiger partial charge < -0.3 is 0 Å². The molecule has 0 radical (unpaired) electrons. The number of ketones is 1. The zero-order valence-corrected chi connectivity index (χ0v) is 14.2. The van der Waals surface area contributed by atoms with Crippen LogP contribution in [0.2, 0.25) is 0 Å². The highest BCUT2D eigenvalue weighted by Gasteiger charge is 2.09. The summed E-state index contributed by atoms with van der Waals surface area (Å²) in [7, 11) is 0. The van der Waals surface area contributed by atoms with Gasteiger partial charge in [0.2, 0.25) is 0 Å². The molecule has 0 saturated heterocycles. The first-order valence-corrected chi connectivity index (χ1v) is 8.91. The molecule has 4 rings (SSSR count). The monoisotopic (exact) mass is 345 g/mol. The minimum atomic E-state index is 0.100. The molecule has 0 unspecified atom stereocenters. The number of imidazole rings is 1. The van der Waals surface area contributed by atoms with Gasteiger partial charge in [0, 0.05) is 11.1 Å². The van der Waals surface area contributed by atoms with Crippen molar-refractivity contribution in [1.82, 2.24) is 14.6 Å². The molecule has 0 N–H and O–H groups in total. The summed E-state index contributed by atoms with van der Waals surface area (Å²) in [6, 6.07) is 23.2. The lowest BCUT2D eigenvalue weighted by molar-refractivity contribution is 0.102. The largest absolute Gasteiger partial charge is 0.293 e. The lowest BCUT2D eigenvalue weighted by Crippen LogP contribution is -2.02. The van der Waals surface area contributed by atoms with E-state index in [1.54, 1.807) is 4.52 Å². The molecule has 122 valence electrons. The van der Waals surface area contributed by atoms with E-state index in [2.05, 4.69) is 10.1 Å². The topological polar surface area (TPSA) is 47.3 Å². The van der Waals surface area contributed by atoms with E-state index >= 15 is 0 Å². The summed E-state index contributed by atoms with van der Waals surface area (Å²) in [6.07, 6.45) is 1.91. The Hall–Kier alpha value is -2.92. The second kappa shape index (κ2) is 6.91. The van der Waals surface area contributed by atoms with Crippen molar-refractivity contribution < 1.29 is 4.79 Å². The zero-order chi connectivity index (χ0) is 17.1. The van der Waals surface area contributed by atoms with Gasteiger partial charge in [-0.15, -0.1) is 0 Å². The first-order chi connectivity index (χ1) is 12.3. The molecule has 0 saturated carbocycles. The van der Waals surface area contributed by atoms with Gasteiger partial charge in [0.25, 0.3) is 0 Å². The second-order valence-electron chi connectivity index (χ2n) is 5.54. The normalized spacial score (nSPS) is 10.9. The zero-order valence-electron chi connectivity index (χ0n) is 13.4. The third-order valence-electron chi connectivity index (χ3n) is 3.81. The van der Waals surface area contributed by atoms with Gasteiger partial charge in [-0.05, 0) is 12.1 Å². The fourth-order valence-corrected chi connectivity index (χ4v) is 3.29. The highest BCUT2D eigenvalue weighted by molar-refractivity contribution is 7.99. The molecule has 2 heterocycles. The van der Waals surface area contributed by atoms with E-state index in [0.29, 0.717) is 5.75 Å². The number of nitrogens with zero attached hydrogens (tertiary/aromatic N) is 3. The Balaban J connectivity index is 1.52. The summed E-state index contributed by atoms with van der Waals surface area (Å²) < 4.78 is 1.76. The Kier molecular flexibility index (Phi) is 4.31. The van der Waals surface area contributed by atoms with Crippen LogP contribution in [0.25, 0.3) is 16.9 Å². The van der Waals surface area contributed by atoms with Gasteiger partial charge in [0.05, 0.1) is 17.6 Å². The smallest absolute Gasteiger partial charge is 0.173 e. The highest BCUT2D eigenvalue weighted by atomic mass is 32.2. The third kappa shape index (κ3) is 3.46. The first-order valence-electron chi connectivity index (χ1n) is 7.92. The van der Waals surface area contributed by atoms with Crippen LogP contribution in [0.15, 0.2) is 84.0 Å². The number of Topliss-reactive ketones (excluding diaryl/α,β-unsaturated/α-hetero) is 1. The number of benzene rings is 2. The number of hydrogen-bond acceptors (Lipinski definition) is 4. The second-order valence-corrected chi connectivity index (χ2v) is 6.54. The van der Waals surface area contributed by atoms with Crippen molar-refractivity contribution in [3.8, 4) is 11.3 Å². The van der Waals surface area contributed by atoms with Crippen molar-refractivity contribution in [2.24, 2.45) is 0 Å². The molecule has 0 bridgehead atoms. The molecule has 2 aromatic heterocycles. The molecule has 25 heavy (non-hydrogen) atoms. The molecule has 0 aliphatic rings. The van der Waals surface area contributed by atoms with Gasteiger partial charge in [-0.1, -0.05) is 72.4 Å². The van der Waals surface area contributed by atoms with Crippen molar-refractivity contribution in [3.63, 3.8) is 0 Å². The summed E-state index contributed by atoms with van der Waals surface area (Å²) >= 11 is 1.43. The molecule has 4 aromatic rings. The van der Waals surface area contributed by atoms with Crippen molar-refractivity contribution in [2.45, 2.75) is 5.03 Å². The van der Waals surface area contributed by atoms with Crippen LogP contribution < -0.4 is 0 Å². The SMILES string of the molecule is O=C(CSc1ccc2nc(-c3ccccc3)cn2n1)c1ccccc1. The van der Waals surface area contributed by atoms with E-state index < -0.39 is 0 Å². The van der Waals surface area contributed by atoms with Gasteiger partial charge in [-0.2, -0.15) is 5.10 Å². The third-order valence-corrected chi connectivity index (χ3v) is 4.73. The molecule has 5 heteroatoms. The summed E-state index contributed by atoms with van der Waals surface area (Å²) in [6.45, 7) is 0. The van der Waals surface area contributed by atoms with Gasteiger partial charge in [-0.25, -0.2) is 9.50 Å². The van der Waals surface area contributed by atoms with Crippen LogP contribution in [-0.4, -0.2) is 26.1 Å². The van der Waals surface area contributed by atoms with E-state index in [0.717, 1.165) is 27.5 Å². The molecule has 4 nitrogen and oxygen atoms in total. The fourth-order valence-electron chi connectivity index (χ4n) is 2.54. The van der Waals surface area contributed by atoms with Crippen LogP contribution >= 0.6 is 11.8 Å². The van der Waals surface area contributed by atoms with Crippen LogP contribution in [0.1, 0.15) is 10.4 Å². The average Bonchev–Trinajstić information content (AvgIpc) is 3.11. The Morgan fingerprint density at radius 1 is 0.920 bits per heavy atom. The van der Waals surface area contributed by atoms with Crippen LogP contribution in [0.3, 0.4) is 0 Å². The standard InChI is InChI=1S/C20H15N3OS/c24-18(16-9-5-2-6-10-16)14-25-20-12-11-19-21-17(13-23(19)22-20)15-7-3-1-4-8-15/h1-13H,14H2. The van der Waals surface area contributed by atoms with Gasteiger partial charge in [-0.3, -0.25) is 4.79 Å². The molecule has 0 aliphatic carbocycles. The molecule has 0 fully saturated rings. The Morgan fingerprint density at radius 2 is 1.64 bits per heavy atom. The lowest BCUT2D eigenvalue weighted by atomic mass is 10.2. The van der Waals surface area contributed by atoms with Crippen LogP contribution in [0, 0.1) is 0 Å². The molecule has 2 aromatic carbocycles. The van der Waals surface area contributed by atoms with Crippen LogP contribution in [0.5, 0.6) is 0 Å². The Bertz CT molecular complexity index is 1010. The van der Waals surface area contributed by atoms with E-state index in [-0.39, 0.29) is 5.78 Å². The maximum absolute atomic E-state index is 12.2. The minimum Gasteiger partial charge on any atom is -0.293 e. The van der Waals surface area contributed by atoms with E-state index in [4.69, 9.17) is 0 Å². The summed E-state index contributed by atoms with van der Waals surface area (Å²) in [4.78, 5) is 16.8. The maximum atomic E-state index is 12.2. The highest BCUT2D eigenvalue weighted by Crippen LogP contribution is 2.21. The number of carbonyl (C=O) groups excluding carboxylic acids is 1. The minimum absolute atomic E-state index is 0.100. The Morgan fingerprint density at radius 3 is 2.40 bits per heavy atom. The summed E-state index contributed by atoms with van der Waals surface area (Å²) in [5.41, 5.74) is 3.46. The molecule has 0 aliphatic heterocycles. The maximum Gasteiger partial charge on any atom is 0.173 e. The van der Waals surface area contributed by atoms with Crippen LogP contribution in [0.4, 0.5) is 0 Å². The number of thioether (sulfide) groups is 1. The summed E-state index contributed by atoms with van der Waals surface area (Å²) in [5, 5.41) is 5.35. The predicted octanol–water partition coefficient (Wildman–Crippen LogP) is 4.37. The average molecular weight is 345 g/mol. The van der Waals surface area contributed by atoms with E-state index in [9.17, 15) is 4.79 Å². The van der Waals surface area contributed by atoms with Crippen LogP contribution in [-0.2, 0) is 0 Å². The molecular weight excluding hydrogens is 330 g/mol. The van der Waals surface area contributed by atoms with Crippen molar-refractivity contribution in [1.29, 1.82) is 0 Å². The van der Waals surface area contributed by atoms with Gasteiger partial charge in [0.15, 0.2) is 11.4 Å². The number of aromatic nitrogens is 3. The van der Waals surface area contributed by atoms with Crippen molar-refractivity contribution >= 4 is 23.2 Å². The van der Waals surface area contributed by atoms with Gasteiger partial charge >= 0.3 is 0 Å². The number of fused-ring (bicyclic) bond motifs is 1. The van der Waals surface area contributed by atoms with Crippen molar-refractivity contribution in [3.05, 3.63) is 84.6 Å². The quantitative estimate of drug-likeness (QED) is 0.398. The lowest BCUT2D eigenvalue weighted by Gasteiger charge is -2.01. The molecule has 0 atom stereocenters. The molecule has 0 amide bonds. The number of carbonyl (C=O) groups is 1. The predicted molar refractivity (Wildman–Crippen MR) is 99.9 cm³/mol. The first kappa shape index (κ1) is 15.6. The number of hydrogen-bond donors (Lipinski definition) is 0. The van der Waals surface area contributed by atoms with E-state index in [1.165, 1.54) is 11.8 Å². The summed E-state index contributed by atoms with van der Waals surface area (Å²) in [5.74, 6) is 0.464. The van der Waals surface area contributed by atoms with E-state index in [1.807, 2.05) is 79.0 Å². The molecular formula is C20H15N3OS. The Labute approximate surface area is 149 Å². The number of rotatable bonds is 5.